The molecule has 0 heterocycles. The lowest BCUT2D eigenvalue weighted by atomic mass is 9.69. The van der Waals surface area contributed by atoms with E-state index in [1.165, 1.54) is 32.1 Å². The molecule has 110 valence electrons. The number of alkyl carbamates (subject to hydrolysis) is 1. The van der Waals surface area contributed by atoms with Crippen LogP contribution in [-0.4, -0.2) is 18.7 Å². The molecule has 2 aliphatic carbocycles. The minimum absolute atomic E-state index is 0.0400. The van der Waals surface area contributed by atoms with Crippen molar-refractivity contribution in [2.75, 3.05) is 6.61 Å². The maximum atomic E-state index is 11.8. The van der Waals surface area contributed by atoms with Crippen LogP contribution in [0.3, 0.4) is 0 Å². The number of amides is 1. The summed E-state index contributed by atoms with van der Waals surface area (Å²) in [5.41, 5.74) is 0.0400. The molecule has 0 unspecified atom stereocenters. The van der Waals surface area contributed by atoms with E-state index >= 15 is 0 Å². The van der Waals surface area contributed by atoms with Gasteiger partial charge in [-0.15, -0.1) is 0 Å². The van der Waals surface area contributed by atoms with Crippen LogP contribution in [0.15, 0.2) is 0 Å². The van der Waals surface area contributed by atoms with Gasteiger partial charge in [-0.3, -0.25) is 0 Å². The molecular weight excluding hydrogens is 238 g/mol. The van der Waals surface area contributed by atoms with Gasteiger partial charge in [0.25, 0.3) is 0 Å². The standard InChI is InChI=1S/C16H29NO2/c1-16(2,3)11-19-15(18)17-14-9-8-12-6-4-5-7-13(12)10-14/h12-14H,4-11H2,1-3H3,(H,17,18)/t12-,13+,14-/m0/s1. The largest absolute Gasteiger partial charge is 0.449 e. The number of hydrogen-bond donors (Lipinski definition) is 1. The first kappa shape index (κ1) is 14.7. The van der Waals surface area contributed by atoms with Crippen molar-refractivity contribution in [3.05, 3.63) is 0 Å². The molecular formula is C16H29NO2. The Hall–Kier alpha value is -0.730. The zero-order valence-corrected chi connectivity index (χ0v) is 12.7. The topological polar surface area (TPSA) is 38.3 Å². The van der Waals surface area contributed by atoms with Crippen LogP contribution in [-0.2, 0) is 4.74 Å². The van der Waals surface area contributed by atoms with Crippen molar-refractivity contribution in [3.63, 3.8) is 0 Å². The number of carbonyl (C=O) groups excluding carboxylic acids is 1. The Morgan fingerprint density at radius 1 is 1.11 bits per heavy atom. The second-order valence-electron chi connectivity index (χ2n) is 7.60. The van der Waals surface area contributed by atoms with Gasteiger partial charge >= 0.3 is 6.09 Å². The maximum Gasteiger partial charge on any atom is 0.407 e. The summed E-state index contributed by atoms with van der Waals surface area (Å²) in [6.45, 7) is 6.71. The van der Waals surface area contributed by atoms with E-state index in [1.54, 1.807) is 0 Å². The Balaban J connectivity index is 1.72. The summed E-state index contributed by atoms with van der Waals surface area (Å²) < 4.78 is 5.30. The molecule has 3 atom stereocenters. The first-order chi connectivity index (χ1) is 8.94. The SMILES string of the molecule is CC(C)(C)COC(=O)N[C@H]1CC[C@@H]2CCCC[C@@H]2C1. The fourth-order valence-electron chi connectivity index (χ4n) is 3.49. The van der Waals surface area contributed by atoms with Gasteiger partial charge in [-0.2, -0.15) is 0 Å². The van der Waals surface area contributed by atoms with Crippen LogP contribution in [0.4, 0.5) is 4.79 Å². The molecule has 19 heavy (non-hydrogen) atoms. The molecule has 2 saturated carbocycles. The smallest absolute Gasteiger partial charge is 0.407 e. The van der Waals surface area contributed by atoms with Crippen LogP contribution in [0.25, 0.3) is 0 Å². The molecule has 2 rings (SSSR count). The third-order valence-electron chi connectivity index (χ3n) is 4.50. The van der Waals surface area contributed by atoms with E-state index < -0.39 is 0 Å². The van der Waals surface area contributed by atoms with Gasteiger partial charge in [-0.25, -0.2) is 4.79 Å². The number of nitrogens with one attached hydrogen (secondary N) is 1. The van der Waals surface area contributed by atoms with Crippen LogP contribution < -0.4 is 5.32 Å². The van der Waals surface area contributed by atoms with Gasteiger partial charge in [-0.05, 0) is 36.5 Å². The zero-order valence-electron chi connectivity index (χ0n) is 12.7. The average Bonchev–Trinajstić information content (AvgIpc) is 2.35. The van der Waals surface area contributed by atoms with Crippen molar-refractivity contribution in [2.45, 2.75) is 71.8 Å². The lowest BCUT2D eigenvalue weighted by Crippen LogP contribution is -2.42. The summed E-state index contributed by atoms with van der Waals surface area (Å²) in [4.78, 5) is 11.8. The van der Waals surface area contributed by atoms with Gasteiger partial charge in [0, 0.05) is 6.04 Å². The quantitative estimate of drug-likeness (QED) is 0.817. The predicted octanol–water partition coefficient (Wildman–Crippen LogP) is 4.12. The van der Waals surface area contributed by atoms with E-state index in [0.717, 1.165) is 24.7 Å². The summed E-state index contributed by atoms with van der Waals surface area (Å²) >= 11 is 0. The highest BCUT2D eigenvalue weighted by atomic mass is 16.5. The molecule has 1 amide bonds. The Morgan fingerprint density at radius 2 is 1.79 bits per heavy atom. The van der Waals surface area contributed by atoms with Crippen LogP contribution in [0.1, 0.15) is 65.7 Å². The molecule has 3 heteroatoms. The molecule has 3 nitrogen and oxygen atoms in total. The zero-order chi connectivity index (χ0) is 13.9. The molecule has 2 aliphatic rings. The normalized spacial score (nSPS) is 31.4. The van der Waals surface area contributed by atoms with E-state index in [-0.39, 0.29) is 11.5 Å². The fraction of sp³-hybridized carbons (Fsp3) is 0.938. The predicted molar refractivity (Wildman–Crippen MR) is 77.0 cm³/mol. The number of carbonyl (C=O) groups is 1. The van der Waals surface area contributed by atoms with Gasteiger partial charge in [0.05, 0.1) is 6.61 Å². The summed E-state index contributed by atoms with van der Waals surface area (Å²) in [5.74, 6) is 1.77. The Kier molecular flexibility index (Phi) is 4.75. The lowest BCUT2D eigenvalue weighted by Gasteiger charge is -2.39. The van der Waals surface area contributed by atoms with Gasteiger partial charge in [-0.1, -0.05) is 46.5 Å². The highest BCUT2D eigenvalue weighted by Crippen LogP contribution is 2.40. The van der Waals surface area contributed by atoms with E-state index in [0.29, 0.717) is 12.6 Å². The molecule has 0 spiro atoms. The first-order valence-corrected chi connectivity index (χ1v) is 7.87. The summed E-state index contributed by atoms with van der Waals surface area (Å²) in [6.07, 6.45) is 8.91. The van der Waals surface area contributed by atoms with E-state index in [9.17, 15) is 4.79 Å². The van der Waals surface area contributed by atoms with Crippen molar-refractivity contribution in [3.8, 4) is 0 Å². The van der Waals surface area contributed by atoms with Crippen molar-refractivity contribution in [2.24, 2.45) is 17.3 Å². The number of hydrogen-bond acceptors (Lipinski definition) is 2. The molecule has 0 aromatic rings. The molecule has 0 saturated heterocycles. The van der Waals surface area contributed by atoms with E-state index in [4.69, 9.17) is 4.74 Å². The molecule has 0 bridgehead atoms. The molecule has 0 aromatic carbocycles. The monoisotopic (exact) mass is 267 g/mol. The molecule has 2 fully saturated rings. The average molecular weight is 267 g/mol. The molecule has 0 aromatic heterocycles. The summed E-state index contributed by atoms with van der Waals surface area (Å²) in [6, 6.07) is 0.340. The number of ether oxygens (including phenoxy) is 1. The number of rotatable bonds is 2. The van der Waals surface area contributed by atoms with Crippen molar-refractivity contribution >= 4 is 6.09 Å². The Bertz CT molecular complexity index is 308. The molecule has 1 N–H and O–H groups in total. The van der Waals surface area contributed by atoms with Crippen LogP contribution in [0, 0.1) is 17.3 Å². The molecule has 0 radical (unpaired) electrons. The van der Waals surface area contributed by atoms with Gasteiger partial charge in [0.2, 0.25) is 0 Å². The van der Waals surface area contributed by atoms with E-state index in [2.05, 4.69) is 26.1 Å². The highest BCUT2D eigenvalue weighted by Gasteiger charge is 2.32. The van der Waals surface area contributed by atoms with Crippen molar-refractivity contribution in [1.82, 2.24) is 5.32 Å². The maximum absolute atomic E-state index is 11.8. The van der Waals surface area contributed by atoms with Crippen molar-refractivity contribution in [1.29, 1.82) is 0 Å². The highest BCUT2D eigenvalue weighted by molar-refractivity contribution is 5.67. The second kappa shape index (κ2) is 6.15. The van der Waals surface area contributed by atoms with Crippen LogP contribution >= 0.6 is 0 Å². The third kappa shape index (κ3) is 4.70. The Labute approximate surface area is 117 Å². The van der Waals surface area contributed by atoms with Crippen molar-refractivity contribution < 1.29 is 9.53 Å². The minimum Gasteiger partial charge on any atom is -0.449 e. The van der Waals surface area contributed by atoms with Gasteiger partial charge in [0.15, 0.2) is 0 Å². The Morgan fingerprint density at radius 3 is 2.47 bits per heavy atom. The molecule has 0 aliphatic heterocycles. The van der Waals surface area contributed by atoms with Gasteiger partial charge in [0.1, 0.15) is 0 Å². The number of fused-ring (bicyclic) bond motifs is 1. The summed E-state index contributed by atoms with van der Waals surface area (Å²) in [7, 11) is 0. The summed E-state index contributed by atoms with van der Waals surface area (Å²) in [5, 5.41) is 3.06. The van der Waals surface area contributed by atoms with E-state index in [1.807, 2.05) is 0 Å². The van der Waals surface area contributed by atoms with Crippen LogP contribution in [0.5, 0.6) is 0 Å². The fourth-order valence-corrected chi connectivity index (χ4v) is 3.49. The minimum atomic E-state index is -0.228. The lowest BCUT2D eigenvalue weighted by molar-refractivity contribution is 0.0922. The third-order valence-corrected chi connectivity index (χ3v) is 4.50. The van der Waals surface area contributed by atoms with Crippen LogP contribution in [0.2, 0.25) is 0 Å². The first-order valence-electron chi connectivity index (χ1n) is 7.87. The van der Waals surface area contributed by atoms with Gasteiger partial charge < -0.3 is 10.1 Å². The second-order valence-corrected chi connectivity index (χ2v) is 7.60.